The summed E-state index contributed by atoms with van der Waals surface area (Å²) in [5, 5.41) is 13.8. The van der Waals surface area contributed by atoms with Crippen molar-refractivity contribution in [3.8, 4) is 17.2 Å². The van der Waals surface area contributed by atoms with Gasteiger partial charge in [-0.2, -0.15) is 0 Å². The Morgan fingerprint density at radius 3 is 2.54 bits per heavy atom. The Morgan fingerprint density at radius 1 is 0.964 bits per heavy atom. The first kappa shape index (κ1) is 17.3. The van der Waals surface area contributed by atoms with Gasteiger partial charge >= 0.3 is 0 Å². The van der Waals surface area contributed by atoms with E-state index >= 15 is 0 Å². The molecule has 4 rings (SSSR count). The molecule has 8 heteroatoms. The quantitative estimate of drug-likeness (QED) is 0.573. The Bertz CT molecular complexity index is 1100. The van der Waals surface area contributed by atoms with E-state index in [1.54, 1.807) is 60.7 Å². The number of ether oxygens (including phenoxy) is 1. The predicted molar refractivity (Wildman–Crippen MR) is 100 cm³/mol. The Labute approximate surface area is 159 Å². The molecule has 0 saturated heterocycles. The summed E-state index contributed by atoms with van der Waals surface area (Å²) in [6.07, 6.45) is 1.45. The van der Waals surface area contributed by atoms with Gasteiger partial charge in [-0.15, -0.1) is 5.10 Å². The zero-order chi connectivity index (χ0) is 19.3. The van der Waals surface area contributed by atoms with Crippen molar-refractivity contribution >= 4 is 11.6 Å². The topological polar surface area (TPSA) is 81.9 Å². The molecule has 4 aromatic rings. The summed E-state index contributed by atoms with van der Waals surface area (Å²) in [4.78, 5) is 12.5. The van der Waals surface area contributed by atoms with Crippen LogP contribution in [0.1, 0.15) is 10.4 Å². The highest BCUT2D eigenvalue weighted by atomic mass is 19.1. The maximum absolute atomic E-state index is 13.2. The molecule has 7 nitrogen and oxygen atoms in total. The van der Waals surface area contributed by atoms with Gasteiger partial charge in [0, 0.05) is 17.3 Å². The van der Waals surface area contributed by atoms with Crippen molar-refractivity contribution in [3.05, 3.63) is 90.5 Å². The first-order valence-corrected chi connectivity index (χ1v) is 8.36. The average molecular weight is 375 g/mol. The lowest BCUT2D eigenvalue weighted by Gasteiger charge is -2.09. The lowest BCUT2D eigenvalue weighted by molar-refractivity contribution is 0.102. The number of tetrazole rings is 1. The molecule has 0 aliphatic heterocycles. The molecule has 0 aliphatic rings. The van der Waals surface area contributed by atoms with Crippen molar-refractivity contribution in [1.82, 2.24) is 20.2 Å². The Balaban J connectivity index is 1.44. The number of carbonyl (C=O) groups excluding carboxylic acids is 1. The van der Waals surface area contributed by atoms with Crippen LogP contribution in [0.3, 0.4) is 0 Å². The number of anilines is 1. The number of nitrogens with one attached hydrogen (secondary N) is 1. The molecule has 1 aromatic heterocycles. The van der Waals surface area contributed by atoms with Crippen molar-refractivity contribution in [3.63, 3.8) is 0 Å². The standard InChI is InChI=1S/C20H14FN5O2/c21-15-4-2-6-19(12-15)28-18-9-7-16(8-10-18)23-20(27)14-3-1-5-17(11-14)26-13-22-24-25-26/h1-13H,(H,23,27). The monoisotopic (exact) mass is 375 g/mol. The third kappa shape index (κ3) is 4.01. The van der Waals surface area contributed by atoms with E-state index in [0.29, 0.717) is 28.4 Å². The lowest BCUT2D eigenvalue weighted by atomic mass is 10.2. The summed E-state index contributed by atoms with van der Waals surface area (Å²) < 4.78 is 20.3. The number of rotatable bonds is 5. The number of carbonyl (C=O) groups is 1. The zero-order valence-corrected chi connectivity index (χ0v) is 14.5. The van der Waals surface area contributed by atoms with Crippen LogP contribution in [0.5, 0.6) is 11.5 Å². The van der Waals surface area contributed by atoms with Crippen molar-refractivity contribution in [2.75, 3.05) is 5.32 Å². The molecule has 28 heavy (non-hydrogen) atoms. The molecule has 0 saturated carbocycles. The van der Waals surface area contributed by atoms with Crippen LogP contribution in [0, 0.1) is 5.82 Å². The van der Waals surface area contributed by atoms with Gasteiger partial charge in [-0.1, -0.05) is 12.1 Å². The third-order valence-electron chi connectivity index (χ3n) is 3.87. The van der Waals surface area contributed by atoms with Gasteiger partial charge in [0.2, 0.25) is 0 Å². The number of benzene rings is 3. The second-order valence-electron chi connectivity index (χ2n) is 5.84. The number of aromatic nitrogens is 4. The molecular weight excluding hydrogens is 361 g/mol. The Morgan fingerprint density at radius 2 is 1.79 bits per heavy atom. The maximum Gasteiger partial charge on any atom is 0.255 e. The molecule has 0 radical (unpaired) electrons. The van der Waals surface area contributed by atoms with Crippen molar-refractivity contribution in [2.24, 2.45) is 0 Å². The molecular formula is C20H14FN5O2. The zero-order valence-electron chi connectivity index (χ0n) is 14.5. The first-order valence-electron chi connectivity index (χ1n) is 8.36. The van der Waals surface area contributed by atoms with Gasteiger partial charge in [0.15, 0.2) is 0 Å². The average Bonchev–Trinajstić information content (AvgIpc) is 3.25. The van der Waals surface area contributed by atoms with Crippen LogP contribution < -0.4 is 10.1 Å². The van der Waals surface area contributed by atoms with E-state index in [9.17, 15) is 9.18 Å². The van der Waals surface area contributed by atoms with Crippen LogP contribution in [0.4, 0.5) is 10.1 Å². The van der Waals surface area contributed by atoms with Crippen molar-refractivity contribution in [2.45, 2.75) is 0 Å². The highest BCUT2D eigenvalue weighted by Gasteiger charge is 2.08. The Hall–Kier alpha value is -4.07. The molecule has 1 amide bonds. The van der Waals surface area contributed by atoms with E-state index < -0.39 is 0 Å². The number of hydrogen-bond donors (Lipinski definition) is 1. The highest BCUT2D eigenvalue weighted by molar-refractivity contribution is 6.04. The number of nitrogens with zero attached hydrogens (tertiary/aromatic N) is 4. The van der Waals surface area contributed by atoms with Gasteiger partial charge in [0.05, 0.1) is 5.69 Å². The van der Waals surface area contributed by atoms with Crippen LogP contribution in [-0.4, -0.2) is 26.1 Å². The van der Waals surface area contributed by atoms with Crippen LogP contribution in [0.15, 0.2) is 79.1 Å². The van der Waals surface area contributed by atoms with Gasteiger partial charge in [-0.3, -0.25) is 4.79 Å². The van der Waals surface area contributed by atoms with E-state index in [-0.39, 0.29) is 11.7 Å². The molecule has 3 aromatic carbocycles. The first-order chi connectivity index (χ1) is 13.7. The minimum absolute atomic E-state index is 0.270. The smallest absolute Gasteiger partial charge is 0.255 e. The SMILES string of the molecule is O=C(Nc1ccc(Oc2cccc(F)c2)cc1)c1cccc(-n2cnnn2)c1. The van der Waals surface area contributed by atoms with Gasteiger partial charge in [0.25, 0.3) is 5.91 Å². The second-order valence-corrected chi connectivity index (χ2v) is 5.84. The van der Waals surface area contributed by atoms with Gasteiger partial charge in [-0.05, 0) is 65.0 Å². The van der Waals surface area contributed by atoms with Crippen molar-refractivity contribution in [1.29, 1.82) is 0 Å². The van der Waals surface area contributed by atoms with Gasteiger partial charge < -0.3 is 10.1 Å². The fourth-order valence-electron chi connectivity index (χ4n) is 2.55. The summed E-state index contributed by atoms with van der Waals surface area (Å²) in [5.41, 5.74) is 1.74. The summed E-state index contributed by atoms with van der Waals surface area (Å²) in [7, 11) is 0. The normalized spacial score (nSPS) is 10.5. The van der Waals surface area contributed by atoms with Crippen LogP contribution >= 0.6 is 0 Å². The summed E-state index contributed by atoms with van der Waals surface area (Å²) in [5.74, 6) is 0.291. The molecule has 0 aliphatic carbocycles. The number of amides is 1. The third-order valence-corrected chi connectivity index (χ3v) is 3.87. The number of hydrogen-bond acceptors (Lipinski definition) is 5. The molecule has 1 heterocycles. The lowest BCUT2D eigenvalue weighted by Crippen LogP contribution is -2.12. The fourth-order valence-corrected chi connectivity index (χ4v) is 2.55. The minimum Gasteiger partial charge on any atom is -0.457 e. The van der Waals surface area contributed by atoms with Crippen molar-refractivity contribution < 1.29 is 13.9 Å². The van der Waals surface area contributed by atoms with E-state index in [1.807, 2.05) is 0 Å². The van der Waals surface area contributed by atoms with E-state index in [4.69, 9.17) is 4.74 Å². The fraction of sp³-hybridized carbons (Fsp3) is 0. The van der Waals surface area contributed by atoms with Crippen LogP contribution in [0.25, 0.3) is 5.69 Å². The van der Waals surface area contributed by atoms with E-state index in [2.05, 4.69) is 20.8 Å². The Kier molecular flexibility index (Phi) is 4.75. The van der Waals surface area contributed by atoms with Gasteiger partial charge in [0.1, 0.15) is 23.6 Å². The molecule has 0 fully saturated rings. The second kappa shape index (κ2) is 7.67. The summed E-state index contributed by atoms with van der Waals surface area (Å²) in [6.45, 7) is 0. The molecule has 0 spiro atoms. The molecule has 1 N–H and O–H groups in total. The predicted octanol–water partition coefficient (Wildman–Crippen LogP) is 3.85. The molecule has 0 atom stereocenters. The van der Waals surface area contributed by atoms with Gasteiger partial charge in [-0.25, -0.2) is 9.07 Å². The van der Waals surface area contributed by atoms with Crippen LogP contribution in [-0.2, 0) is 0 Å². The maximum atomic E-state index is 13.2. The minimum atomic E-state index is -0.370. The van der Waals surface area contributed by atoms with Crippen LogP contribution in [0.2, 0.25) is 0 Å². The largest absolute Gasteiger partial charge is 0.457 e. The number of halogens is 1. The molecule has 0 unspecified atom stereocenters. The summed E-state index contributed by atoms with van der Waals surface area (Å²) in [6, 6.07) is 19.6. The molecule has 138 valence electrons. The molecule has 0 bridgehead atoms. The van der Waals surface area contributed by atoms with E-state index in [1.165, 1.54) is 23.1 Å². The van der Waals surface area contributed by atoms with E-state index in [0.717, 1.165) is 0 Å². The highest BCUT2D eigenvalue weighted by Crippen LogP contribution is 2.23. The summed E-state index contributed by atoms with van der Waals surface area (Å²) >= 11 is 0.